The van der Waals surface area contributed by atoms with E-state index in [-0.39, 0.29) is 0 Å². The monoisotopic (exact) mass is 430 g/mol. The number of para-hydroxylation sites is 1. The molecule has 5 rings (SSSR count). The third-order valence-corrected chi connectivity index (χ3v) is 6.40. The number of fused-ring (bicyclic) bond motifs is 3. The topological polar surface area (TPSA) is 23.8 Å². The molecule has 158 valence electrons. The summed E-state index contributed by atoms with van der Waals surface area (Å²) >= 11 is 5.99. The molecule has 1 saturated heterocycles. The van der Waals surface area contributed by atoms with E-state index in [9.17, 15) is 0 Å². The van der Waals surface area contributed by atoms with Crippen LogP contribution in [0.2, 0.25) is 5.02 Å². The molecule has 0 radical (unpaired) electrons. The lowest BCUT2D eigenvalue weighted by Gasteiger charge is -2.33. The Labute approximate surface area is 188 Å². The molecular formula is C26H27ClN4. The Morgan fingerprint density at radius 1 is 0.871 bits per heavy atom. The first-order valence-corrected chi connectivity index (χ1v) is 11.4. The van der Waals surface area contributed by atoms with E-state index in [0.29, 0.717) is 0 Å². The van der Waals surface area contributed by atoms with Gasteiger partial charge in [-0.3, -0.25) is 9.91 Å². The van der Waals surface area contributed by atoms with Crippen molar-refractivity contribution in [2.75, 3.05) is 26.2 Å². The van der Waals surface area contributed by atoms with Crippen molar-refractivity contribution in [3.63, 3.8) is 0 Å². The Morgan fingerprint density at radius 2 is 1.61 bits per heavy atom. The van der Waals surface area contributed by atoms with Gasteiger partial charge in [-0.1, -0.05) is 48.0 Å². The van der Waals surface area contributed by atoms with E-state index < -0.39 is 0 Å². The van der Waals surface area contributed by atoms with Crippen LogP contribution in [0.3, 0.4) is 0 Å². The van der Waals surface area contributed by atoms with Gasteiger partial charge in [0.1, 0.15) is 0 Å². The molecule has 1 aliphatic rings. The second-order valence-electron chi connectivity index (χ2n) is 8.14. The van der Waals surface area contributed by atoms with Crippen LogP contribution in [-0.4, -0.2) is 46.9 Å². The van der Waals surface area contributed by atoms with Crippen molar-refractivity contribution in [2.24, 2.45) is 5.10 Å². The molecule has 1 aliphatic heterocycles. The number of aromatic nitrogens is 1. The highest BCUT2D eigenvalue weighted by molar-refractivity contribution is 6.30. The Bertz CT molecular complexity index is 1220. The van der Waals surface area contributed by atoms with Crippen molar-refractivity contribution in [2.45, 2.75) is 20.0 Å². The Hall–Kier alpha value is -2.82. The van der Waals surface area contributed by atoms with Gasteiger partial charge in [-0.05, 0) is 48.4 Å². The van der Waals surface area contributed by atoms with Crippen LogP contribution in [0.15, 0.2) is 71.8 Å². The minimum absolute atomic E-state index is 0.792. The molecule has 4 aromatic rings. The van der Waals surface area contributed by atoms with Gasteiger partial charge in [-0.25, -0.2) is 0 Å². The molecule has 3 aromatic carbocycles. The largest absolute Gasteiger partial charge is 0.341 e. The molecule has 0 aliphatic carbocycles. The molecule has 0 atom stereocenters. The first kappa shape index (κ1) is 20.1. The van der Waals surface area contributed by atoms with Crippen LogP contribution < -0.4 is 0 Å². The van der Waals surface area contributed by atoms with Crippen molar-refractivity contribution in [1.29, 1.82) is 0 Å². The molecule has 2 heterocycles. The van der Waals surface area contributed by atoms with Gasteiger partial charge >= 0.3 is 0 Å². The van der Waals surface area contributed by atoms with Gasteiger partial charge in [-0.2, -0.15) is 5.10 Å². The molecular weight excluding hydrogens is 404 g/mol. The maximum Gasteiger partial charge on any atom is 0.0543 e. The third-order valence-electron chi connectivity index (χ3n) is 6.15. The minimum Gasteiger partial charge on any atom is -0.341 e. The van der Waals surface area contributed by atoms with Crippen molar-refractivity contribution in [3.8, 4) is 0 Å². The highest BCUT2D eigenvalue weighted by atomic mass is 35.5. The van der Waals surface area contributed by atoms with E-state index >= 15 is 0 Å². The molecule has 0 bridgehead atoms. The summed E-state index contributed by atoms with van der Waals surface area (Å²) in [6.45, 7) is 8.06. The lowest BCUT2D eigenvalue weighted by Crippen LogP contribution is -2.43. The van der Waals surface area contributed by atoms with Gasteiger partial charge in [-0.15, -0.1) is 0 Å². The predicted molar refractivity (Wildman–Crippen MR) is 131 cm³/mol. The first-order valence-electron chi connectivity index (χ1n) is 11.0. The number of hydrazone groups is 1. The van der Waals surface area contributed by atoms with Gasteiger partial charge in [0.05, 0.1) is 6.21 Å². The summed E-state index contributed by atoms with van der Waals surface area (Å²) in [5.41, 5.74) is 5.04. The van der Waals surface area contributed by atoms with Crippen LogP contribution in [-0.2, 0) is 13.1 Å². The number of halogens is 1. The summed E-state index contributed by atoms with van der Waals surface area (Å²) in [5, 5.41) is 10.4. The van der Waals surface area contributed by atoms with Crippen LogP contribution in [0, 0.1) is 0 Å². The molecule has 1 aromatic heterocycles. The van der Waals surface area contributed by atoms with Crippen molar-refractivity contribution < 1.29 is 0 Å². The molecule has 1 fully saturated rings. The van der Waals surface area contributed by atoms with Gasteiger partial charge in [0.15, 0.2) is 0 Å². The van der Waals surface area contributed by atoms with Crippen LogP contribution in [0.25, 0.3) is 21.8 Å². The second-order valence-corrected chi connectivity index (χ2v) is 8.58. The molecule has 0 amide bonds. The van der Waals surface area contributed by atoms with Gasteiger partial charge in [0.2, 0.25) is 0 Å². The van der Waals surface area contributed by atoms with E-state index in [1.807, 2.05) is 18.3 Å². The lowest BCUT2D eigenvalue weighted by molar-refractivity contribution is 0.131. The first-order chi connectivity index (χ1) is 15.2. The smallest absolute Gasteiger partial charge is 0.0543 e. The van der Waals surface area contributed by atoms with Crippen LogP contribution in [0.5, 0.6) is 0 Å². The predicted octanol–water partition coefficient (Wildman–Crippen LogP) is 5.62. The quantitative estimate of drug-likeness (QED) is 0.384. The van der Waals surface area contributed by atoms with E-state index in [2.05, 4.69) is 76.0 Å². The van der Waals surface area contributed by atoms with E-state index in [1.165, 1.54) is 27.4 Å². The zero-order valence-corrected chi connectivity index (χ0v) is 18.6. The number of nitrogens with zero attached hydrogens (tertiary/aromatic N) is 4. The summed E-state index contributed by atoms with van der Waals surface area (Å²) in [5.74, 6) is 0. The van der Waals surface area contributed by atoms with Gasteiger partial charge in [0.25, 0.3) is 0 Å². The summed E-state index contributed by atoms with van der Waals surface area (Å²) in [4.78, 5) is 2.47. The lowest BCUT2D eigenvalue weighted by atomic mass is 10.1. The van der Waals surface area contributed by atoms with Crippen LogP contribution in [0.1, 0.15) is 18.1 Å². The Kier molecular flexibility index (Phi) is 5.66. The van der Waals surface area contributed by atoms with Crippen molar-refractivity contribution in [1.82, 2.24) is 14.5 Å². The third kappa shape index (κ3) is 4.18. The molecule has 5 heteroatoms. The summed E-state index contributed by atoms with van der Waals surface area (Å²) in [6.07, 6.45) is 2.01. The maximum atomic E-state index is 5.99. The number of piperazine rings is 1. The maximum absolute atomic E-state index is 5.99. The normalized spacial score (nSPS) is 15.5. The van der Waals surface area contributed by atoms with Gasteiger partial charge < -0.3 is 4.57 Å². The number of benzene rings is 3. The van der Waals surface area contributed by atoms with Crippen molar-refractivity contribution in [3.05, 3.63) is 82.9 Å². The average molecular weight is 431 g/mol. The molecule has 0 unspecified atom stereocenters. The van der Waals surface area contributed by atoms with E-state index in [4.69, 9.17) is 16.7 Å². The van der Waals surface area contributed by atoms with E-state index in [0.717, 1.165) is 49.9 Å². The molecule has 0 saturated carbocycles. The molecule has 0 spiro atoms. The van der Waals surface area contributed by atoms with Crippen LogP contribution >= 0.6 is 11.6 Å². The highest BCUT2D eigenvalue weighted by Gasteiger charge is 2.15. The molecule has 31 heavy (non-hydrogen) atoms. The number of hydrogen-bond acceptors (Lipinski definition) is 3. The highest BCUT2D eigenvalue weighted by Crippen LogP contribution is 2.29. The Morgan fingerprint density at radius 3 is 2.39 bits per heavy atom. The Balaban J connectivity index is 1.27. The number of hydrogen-bond donors (Lipinski definition) is 0. The van der Waals surface area contributed by atoms with E-state index in [1.54, 1.807) is 0 Å². The standard InChI is InChI=1S/C26H27ClN4/c1-2-31-25-6-4-3-5-23(25)24-17-21(9-12-26(24)31)18-28-30-15-13-29(14-16-30)19-20-7-10-22(27)11-8-20/h3-12,17-18H,2,13-16,19H2,1H3/b28-18-. The molecule has 0 N–H and O–H groups in total. The number of aryl methyl sites for hydroxylation is 1. The average Bonchev–Trinajstić information content (AvgIpc) is 3.13. The second kappa shape index (κ2) is 8.74. The fourth-order valence-electron chi connectivity index (χ4n) is 4.50. The van der Waals surface area contributed by atoms with Gasteiger partial charge in [0, 0.05) is 66.1 Å². The molecule has 4 nitrogen and oxygen atoms in total. The minimum atomic E-state index is 0.792. The summed E-state index contributed by atoms with van der Waals surface area (Å²) in [7, 11) is 0. The number of rotatable bonds is 5. The van der Waals surface area contributed by atoms with Crippen molar-refractivity contribution >= 4 is 39.6 Å². The zero-order valence-electron chi connectivity index (χ0n) is 17.8. The fraction of sp³-hybridized carbons (Fsp3) is 0.269. The van der Waals surface area contributed by atoms with Crippen LogP contribution in [0.4, 0.5) is 0 Å². The SMILES string of the molecule is CCn1c2ccccc2c2cc(/C=N\N3CCN(Cc4ccc(Cl)cc4)CC3)ccc21. The fourth-order valence-corrected chi connectivity index (χ4v) is 4.63. The summed E-state index contributed by atoms with van der Waals surface area (Å²) in [6, 6.07) is 23.5. The summed E-state index contributed by atoms with van der Waals surface area (Å²) < 4.78 is 2.38. The zero-order chi connectivity index (χ0) is 21.2.